The molecule has 0 aliphatic heterocycles. The molecule has 3 aromatic carbocycles. The SMILES string of the molecule is CCCCc1cc(F)c(C#Cc2ccc(C#Cc3c(F)c(F)c(SC)c(F)c3F)c(C)c2)c(F)c1. The lowest BCUT2D eigenvalue weighted by molar-refractivity contribution is 0.423. The van der Waals surface area contributed by atoms with Crippen LogP contribution in [0.3, 0.4) is 0 Å². The first-order valence-corrected chi connectivity index (χ1v) is 11.9. The van der Waals surface area contributed by atoms with Crippen LogP contribution in [-0.2, 0) is 6.42 Å². The molecule has 0 amide bonds. The zero-order chi connectivity index (χ0) is 25.7. The molecule has 0 aliphatic carbocycles. The third-order valence-electron chi connectivity index (χ3n) is 5.23. The van der Waals surface area contributed by atoms with Gasteiger partial charge in [-0.2, -0.15) is 0 Å². The van der Waals surface area contributed by atoms with Gasteiger partial charge in [-0.25, -0.2) is 26.3 Å². The van der Waals surface area contributed by atoms with Crippen LogP contribution in [0.2, 0.25) is 0 Å². The summed E-state index contributed by atoms with van der Waals surface area (Å²) in [4.78, 5) is -0.756. The van der Waals surface area contributed by atoms with Crippen molar-refractivity contribution in [1.29, 1.82) is 0 Å². The summed E-state index contributed by atoms with van der Waals surface area (Å²) in [6, 6.07) is 7.14. The number of hydrogen-bond donors (Lipinski definition) is 0. The Bertz CT molecular complexity index is 1350. The minimum atomic E-state index is -1.56. The quantitative estimate of drug-likeness (QED) is 0.153. The lowest BCUT2D eigenvalue weighted by Crippen LogP contribution is -2.03. The highest BCUT2D eigenvalue weighted by molar-refractivity contribution is 7.98. The zero-order valence-electron chi connectivity index (χ0n) is 19.2. The van der Waals surface area contributed by atoms with Gasteiger partial charge >= 0.3 is 0 Å². The number of benzene rings is 3. The van der Waals surface area contributed by atoms with Crippen LogP contribution in [-0.4, -0.2) is 6.26 Å². The molecule has 0 unspecified atom stereocenters. The molecule has 0 saturated carbocycles. The Kier molecular flexibility index (Phi) is 8.59. The Hall–Kier alpha value is -3.29. The van der Waals surface area contributed by atoms with Crippen LogP contribution in [0.1, 0.15) is 53.1 Å². The Morgan fingerprint density at radius 2 is 1.34 bits per heavy atom. The third kappa shape index (κ3) is 5.86. The maximum Gasteiger partial charge on any atom is 0.178 e. The van der Waals surface area contributed by atoms with E-state index >= 15 is 0 Å². The molecule has 0 aliphatic rings. The molecule has 0 bridgehead atoms. The second-order valence-corrected chi connectivity index (χ2v) is 8.55. The number of aryl methyl sites for hydroxylation is 2. The number of thioether (sulfide) groups is 1. The molecule has 0 fully saturated rings. The number of halogens is 6. The fourth-order valence-corrected chi connectivity index (χ4v) is 3.85. The summed E-state index contributed by atoms with van der Waals surface area (Å²) in [6.45, 7) is 3.63. The molecule has 180 valence electrons. The van der Waals surface area contributed by atoms with Crippen molar-refractivity contribution in [1.82, 2.24) is 0 Å². The molecular weight excluding hydrogens is 482 g/mol. The van der Waals surface area contributed by atoms with Crippen LogP contribution >= 0.6 is 11.8 Å². The average Bonchev–Trinajstić information content (AvgIpc) is 2.82. The number of rotatable bonds is 4. The molecule has 0 aromatic heterocycles. The van der Waals surface area contributed by atoms with E-state index in [2.05, 4.69) is 23.7 Å². The normalized spacial score (nSPS) is 10.4. The van der Waals surface area contributed by atoms with Crippen LogP contribution in [0, 0.1) is 65.5 Å². The average molecular weight is 503 g/mol. The topological polar surface area (TPSA) is 0 Å². The summed E-state index contributed by atoms with van der Waals surface area (Å²) in [7, 11) is 0. The van der Waals surface area contributed by atoms with E-state index < -0.39 is 45.4 Å². The zero-order valence-corrected chi connectivity index (χ0v) is 20.0. The van der Waals surface area contributed by atoms with E-state index in [4.69, 9.17) is 0 Å². The van der Waals surface area contributed by atoms with Gasteiger partial charge in [-0.15, -0.1) is 11.8 Å². The molecule has 0 radical (unpaired) electrons. The minimum Gasteiger partial charge on any atom is -0.206 e. The summed E-state index contributed by atoms with van der Waals surface area (Å²) >= 11 is 0.548. The van der Waals surface area contributed by atoms with Gasteiger partial charge < -0.3 is 0 Å². The summed E-state index contributed by atoms with van der Waals surface area (Å²) in [5.41, 5.74) is 0.539. The van der Waals surface area contributed by atoms with Crippen molar-refractivity contribution in [3.8, 4) is 23.7 Å². The Morgan fingerprint density at radius 3 is 1.89 bits per heavy atom. The van der Waals surface area contributed by atoms with E-state index in [9.17, 15) is 26.3 Å². The van der Waals surface area contributed by atoms with E-state index in [1.54, 1.807) is 13.0 Å². The summed E-state index contributed by atoms with van der Waals surface area (Å²) < 4.78 is 85.0. The molecular formula is C28H20F6S. The minimum absolute atomic E-state index is 0.335. The summed E-state index contributed by atoms with van der Waals surface area (Å²) in [5, 5.41) is 0. The van der Waals surface area contributed by atoms with Gasteiger partial charge in [-0.1, -0.05) is 37.0 Å². The van der Waals surface area contributed by atoms with E-state index in [0.717, 1.165) is 12.8 Å². The molecule has 0 N–H and O–H groups in total. The molecule has 0 saturated heterocycles. The standard InChI is InChI=1S/C28H20F6S/c1-4-5-6-18-14-22(29)20(23(30)15-18)11-8-17-7-9-19(16(2)13-17)10-12-21-24(31)26(33)28(35-3)27(34)25(21)32/h7,9,13-15H,4-6H2,1-3H3. The Morgan fingerprint density at radius 1 is 0.743 bits per heavy atom. The predicted molar refractivity (Wildman–Crippen MR) is 126 cm³/mol. The predicted octanol–water partition coefficient (Wildman–Crippen LogP) is 7.69. The van der Waals surface area contributed by atoms with Crippen LogP contribution in [0.5, 0.6) is 0 Å². The third-order valence-corrected chi connectivity index (χ3v) is 6.00. The maximum absolute atomic E-state index is 14.3. The van der Waals surface area contributed by atoms with E-state index in [0.29, 0.717) is 40.4 Å². The van der Waals surface area contributed by atoms with Crippen molar-refractivity contribution in [2.75, 3.05) is 6.26 Å². The van der Waals surface area contributed by atoms with Crippen LogP contribution in [0.25, 0.3) is 0 Å². The number of hydrogen-bond acceptors (Lipinski definition) is 1. The van der Waals surface area contributed by atoms with Crippen molar-refractivity contribution in [2.24, 2.45) is 0 Å². The van der Waals surface area contributed by atoms with Crippen LogP contribution in [0.15, 0.2) is 35.2 Å². The van der Waals surface area contributed by atoms with Gasteiger partial charge in [0, 0.05) is 11.1 Å². The largest absolute Gasteiger partial charge is 0.206 e. The fourth-order valence-electron chi connectivity index (χ4n) is 3.32. The second-order valence-electron chi connectivity index (χ2n) is 7.73. The molecule has 35 heavy (non-hydrogen) atoms. The Balaban J connectivity index is 1.90. The summed E-state index contributed by atoms with van der Waals surface area (Å²) in [6.07, 6.45) is 3.61. The maximum atomic E-state index is 14.3. The van der Waals surface area contributed by atoms with Gasteiger partial charge in [-0.05, 0) is 67.5 Å². The summed E-state index contributed by atoms with van der Waals surface area (Å²) in [5.74, 6) is 2.26. The monoisotopic (exact) mass is 502 g/mol. The lowest BCUT2D eigenvalue weighted by Gasteiger charge is -2.06. The van der Waals surface area contributed by atoms with Gasteiger partial charge in [0.1, 0.15) is 17.2 Å². The van der Waals surface area contributed by atoms with Gasteiger partial charge in [-0.3, -0.25) is 0 Å². The fraction of sp³-hybridized carbons (Fsp3) is 0.214. The molecule has 0 heterocycles. The molecule has 3 rings (SSSR count). The molecule has 0 atom stereocenters. The van der Waals surface area contributed by atoms with Gasteiger partial charge in [0.05, 0.1) is 10.5 Å². The van der Waals surface area contributed by atoms with Crippen LogP contribution < -0.4 is 0 Å². The molecule has 7 heteroatoms. The first-order valence-electron chi connectivity index (χ1n) is 10.7. The first-order chi connectivity index (χ1) is 16.7. The van der Waals surface area contributed by atoms with E-state index in [-0.39, 0.29) is 5.56 Å². The second kappa shape index (κ2) is 11.4. The van der Waals surface area contributed by atoms with Gasteiger partial charge in [0.25, 0.3) is 0 Å². The van der Waals surface area contributed by atoms with Crippen molar-refractivity contribution in [3.63, 3.8) is 0 Å². The van der Waals surface area contributed by atoms with Crippen molar-refractivity contribution in [3.05, 3.63) is 98.6 Å². The highest BCUT2D eigenvalue weighted by Gasteiger charge is 2.24. The molecule has 3 aromatic rings. The van der Waals surface area contributed by atoms with Crippen molar-refractivity contribution < 1.29 is 26.3 Å². The lowest BCUT2D eigenvalue weighted by atomic mass is 10.0. The first kappa shape index (κ1) is 26.3. The van der Waals surface area contributed by atoms with Gasteiger partial charge in [0.2, 0.25) is 0 Å². The molecule has 0 nitrogen and oxygen atoms in total. The highest BCUT2D eigenvalue weighted by Crippen LogP contribution is 2.29. The van der Waals surface area contributed by atoms with Crippen molar-refractivity contribution in [2.45, 2.75) is 38.0 Å². The van der Waals surface area contributed by atoms with Crippen molar-refractivity contribution >= 4 is 11.8 Å². The van der Waals surface area contributed by atoms with E-state index in [1.807, 2.05) is 6.92 Å². The Labute approximate surface area is 204 Å². The smallest absolute Gasteiger partial charge is 0.178 e. The molecule has 0 spiro atoms. The van der Waals surface area contributed by atoms with Crippen LogP contribution in [0.4, 0.5) is 26.3 Å². The van der Waals surface area contributed by atoms with E-state index in [1.165, 1.54) is 30.5 Å². The highest BCUT2D eigenvalue weighted by atomic mass is 32.2. The number of unbranched alkanes of at least 4 members (excludes halogenated alkanes) is 1. The van der Waals surface area contributed by atoms with Gasteiger partial charge in [0.15, 0.2) is 23.3 Å².